The van der Waals surface area contributed by atoms with Crippen molar-refractivity contribution in [1.29, 1.82) is 0 Å². The van der Waals surface area contributed by atoms with E-state index >= 15 is 0 Å². The summed E-state index contributed by atoms with van der Waals surface area (Å²) in [5, 5.41) is 0.821. The molecule has 2 heterocycles. The normalized spacial score (nSPS) is 13.4. The van der Waals surface area contributed by atoms with E-state index < -0.39 is 18.0 Å². The quantitative estimate of drug-likeness (QED) is 0.180. The van der Waals surface area contributed by atoms with E-state index in [9.17, 15) is 14.4 Å². The number of carbonyl (C=O) groups is 3. The number of benzene rings is 3. The van der Waals surface area contributed by atoms with Crippen molar-refractivity contribution in [3.63, 3.8) is 0 Å². The number of H-pyrrole nitrogens is 1. The molecule has 1 N–H and O–H groups in total. The molecule has 0 saturated heterocycles. The Bertz CT molecular complexity index is 1860. The first-order valence-electron chi connectivity index (χ1n) is 16.2. The number of rotatable bonds is 9. The van der Waals surface area contributed by atoms with Crippen molar-refractivity contribution in [2.24, 2.45) is 0 Å². The van der Waals surface area contributed by atoms with Crippen LogP contribution in [0.1, 0.15) is 71.3 Å². The lowest BCUT2D eigenvalue weighted by Crippen LogP contribution is -2.44. The molecular formula is C38H43N3O7. The number of hydrogen-bond donors (Lipinski definition) is 1. The molecule has 48 heavy (non-hydrogen) atoms. The first kappa shape index (κ1) is 34.1. The minimum atomic E-state index is -0.642. The van der Waals surface area contributed by atoms with Crippen LogP contribution in [0.5, 0.6) is 23.0 Å². The third-order valence-electron chi connectivity index (χ3n) is 8.14. The van der Waals surface area contributed by atoms with Gasteiger partial charge in [-0.25, -0.2) is 9.59 Å². The fourth-order valence-corrected chi connectivity index (χ4v) is 6.16. The number of allylic oxidation sites excluding steroid dienone is 1. The molecule has 10 heteroatoms. The Morgan fingerprint density at radius 3 is 1.96 bits per heavy atom. The molecule has 0 bridgehead atoms. The van der Waals surface area contributed by atoms with Gasteiger partial charge in [-0.15, -0.1) is 0 Å². The molecule has 5 rings (SSSR count). The summed E-state index contributed by atoms with van der Waals surface area (Å²) in [6, 6.07) is 17.7. The van der Waals surface area contributed by atoms with Gasteiger partial charge in [0.2, 0.25) is 5.78 Å². The Labute approximate surface area is 281 Å². The second kappa shape index (κ2) is 13.9. The van der Waals surface area contributed by atoms with Crippen molar-refractivity contribution < 1.29 is 33.3 Å². The molecule has 0 aliphatic carbocycles. The maximum Gasteiger partial charge on any atom is 0.415 e. The second-order valence-electron chi connectivity index (χ2n) is 12.9. The van der Waals surface area contributed by atoms with Crippen LogP contribution >= 0.6 is 0 Å². The largest absolute Gasteiger partial charge is 0.497 e. The summed E-state index contributed by atoms with van der Waals surface area (Å²) in [7, 11) is 1.60. The van der Waals surface area contributed by atoms with E-state index in [0.29, 0.717) is 11.3 Å². The van der Waals surface area contributed by atoms with Gasteiger partial charge in [-0.1, -0.05) is 30.3 Å². The highest BCUT2D eigenvalue weighted by Gasteiger charge is 2.36. The fourth-order valence-electron chi connectivity index (χ4n) is 6.16. The van der Waals surface area contributed by atoms with Crippen molar-refractivity contribution in [2.45, 2.75) is 79.6 Å². The van der Waals surface area contributed by atoms with Crippen molar-refractivity contribution in [3.05, 3.63) is 77.5 Å². The summed E-state index contributed by atoms with van der Waals surface area (Å²) in [5.41, 5.74) is 3.31. The van der Waals surface area contributed by atoms with Gasteiger partial charge in [0.1, 0.15) is 22.8 Å². The van der Waals surface area contributed by atoms with Crippen molar-refractivity contribution in [1.82, 2.24) is 14.8 Å². The molecule has 0 fully saturated rings. The number of carbonyl (C=O) groups excluding carboxylic acids is 3. The van der Waals surface area contributed by atoms with Crippen LogP contribution in [-0.4, -0.2) is 64.0 Å². The lowest BCUT2D eigenvalue weighted by atomic mass is 10.0. The number of aromatic nitrogens is 1. The molecule has 0 unspecified atom stereocenters. The molecule has 0 radical (unpaired) electrons. The number of amides is 2. The molecule has 10 nitrogen and oxygen atoms in total. The van der Waals surface area contributed by atoms with Gasteiger partial charge in [0.25, 0.3) is 0 Å². The third-order valence-corrected chi connectivity index (χ3v) is 8.14. The zero-order valence-electron chi connectivity index (χ0n) is 28.9. The Balaban J connectivity index is 1.63. The Morgan fingerprint density at radius 2 is 1.38 bits per heavy atom. The molecule has 1 aromatic heterocycles. The standard InChI is InChI=1S/C38H43N3O7/c1-21(2)40(22(3)4)37(43)46-27-18-31-34(32(19-27)48-38(44)41(23(5)6)24(7)8)36(42)33(47-31)20-29-28-17-26(45-9)15-16-30(28)39-35(29)25-13-11-10-12-14-25/h10-24,39H,1-9H3. The predicted molar refractivity (Wildman–Crippen MR) is 186 cm³/mol. The molecular weight excluding hydrogens is 610 g/mol. The van der Waals surface area contributed by atoms with Gasteiger partial charge in [0, 0.05) is 52.8 Å². The molecule has 252 valence electrons. The Kier molecular flexibility index (Phi) is 9.84. The van der Waals surface area contributed by atoms with Crippen LogP contribution in [0.25, 0.3) is 28.2 Å². The maximum atomic E-state index is 14.1. The van der Waals surface area contributed by atoms with Crippen molar-refractivity contribution in [3.8, 4) is 34.3 Å². The number of hydrogen-bond acceptors (Lipinski definition) is 7. The molecule has 0 atom stereocenters. The van der Waals surface area contributed by atoms with Crippen LogP contribution in [0.2, 0.25) is 0 Å². The number of aromatic amines is 1. The Morgan fingerprint density at radius 1 is 0.771 bits per heavy atom. The smallest absolute Gasteiger partial charge is 0.415 e. The van der Waals surface area contributed by atoms with Gasteiger partial charge in [0.15, 0.2) is 11.5 Å². The van der Waals surface area contributed by atoms with E-state index in [0.717, 1.165) is 22.2 Å². The maximum absolute atomic E-state index is 14.1. The molecule has 1 aliphatic rings. The lowest BCUT2D eigenvalue weighted by Gasteiger charge is -2.30. The topological polar surface area (TPSA) is 110 Å². The van der Waals surface area contributed by atoms with Gasteiger partial charge in [-0.3, -0.25) is 4.79 Å². The highest BCUT2D eigenvalue weighted by Crippen LogP contribution is 2.43. The van der Waals surface area contributed by atoms with E-state index in [2.05, 4.69) is 4.98 Å². The van der Waals surface area contributed by atoms with E-state index in [-0.39, 0.29) is 52.7 Å². The van der Waals surface area contributed by atoms with E-state index in [1.807, 2.05) is 104 Å². The minimum absolute atomic E-state index is 0.0160. The first-order chi connectivity index (χ1) is 22.8. The van der Waals surface area contributed by atoms with E-state index in [1.54, 1.807) is 23.0 Å². The van der Waals surface area contributed by atoms with Crippen LogP contribution in [0.3, 0.4) is 0 Å². The summed E-state index contributed by atoms with van der Waals surface area (Å²) < 4.78 is 23.4. The van der Waals surface area contributed by atoms with Crippen LogP contribution in [0, 0.1) is 0 Å². The second-order valence-corrected chi connectivity index (χ2v) is 12.9. The number of Topliss-reactive ketones (excluding diaryl/α,β-unsaturated/α-hetero) is 1. The van der Waals surface area contributed by atoms with Crippen LogP contribution in [0.15, 0.2) is 66.4 Å². The molecule has 2 amide bonds. The monoisotopic (exact) mass is 653 g/mol. The molecule has 1 aliphatic heterocycles. The molecule has 4 aromatic rings. The number of ketones is 1. The van der Waals surface area contributed by atoms with Gasteiger partial charge in [-0.2, -0.15) is 0 Å². The van der Waals surface area contributed by atoms with Crippen LogP contribution < -0.4 is 18.9 Å². The van der Waals surface area contributed by atoms with Gasteiger partial charge >= 0.3 is 12.2 Å². The zero-order valence-corrected chi connectivity index (χ0v) is 28.9. The minimum Gasteiger partial charge on any atom is -0.497 e. The average molecular weight is 654 g/mol. The van der Waals surface area contributed by atoms with E-state index in [1.165, 1.54) is 12.1 Å². The number of methoxy groups -OCH3 is 1. The summed E-state index contributed by atoms with van der Waals surface area (Å²) in [5.74, 6) is 0.309. The average Bonchev–Trinajstić information content (AvgIpc) is 3.53. The molecule has 3 aromatic carbocycles. The van der Waals surface area contributed by atoms with Gasteiger partial charge < -0.3 is 33.7 Å². The number of nitrogens with one attached hydrogen (secondary N) is 1. The summed E-state index contributed by atoms with van der Waals surface area (Å²) >= 11 is 0. The van der Waals surface area contributed by atoms with Crippen LogP contribution in [0.4, 0.5) is 9.59 Å². The lowest BCUT2D eigenvalue weighted by molar-refractivity contribution is 0.101. The first-order valence-corrected chi connectivity index (χ1v) is 16.2. The number of fused-ring (bicyclic) bond motifs is 2. The summed E-state index contributed by atoms with van der Waals surface area (Å²) in [6.07, 6.45) is 0.453. The van der Waals surface area contributed by atoms with Crippen molar-refractivity contribution in [2.75, 3.05) is 7.11 Å². The highest BCUT2D eigenvalue weighted by molar-refractivity contribution is 6.17. The van der Waals surface area contributed by atoms with Gasteiger partial charge in [0.05, 0.1) is 12.8 Å². The third kappa shape index (κ3) is 6.74. The number of nitrogens with zero attached hydrogens (tertiary/aromatic N) is 2. The number of ether oxygens (including phenoxy) is 4. The predicted octanol–water partition coefficient (Wildman–Crippen LogP) is 8.69. The van der Waals surface area contributed by atoms with E-state index in [4.69, 9.17) is 18.9 Å². The SMILES string of the molecule is COc1ccc2[nH]c(-c3ccccc3)c(C=C3Oc4cc(OC(=O)N(C(C)C)C(C)C)cc(OC(=O)N(C(C)C)C(C)C)c4C3=O)c2c1. The Hall–Kier alpha value is -5.25. The van der Waals surface area contributed by atoms with Crippen LogP contribution in [-0.2, 0) is 0 Å². The molecule has 0 spiro atoms. The zero-order chi connectivity index (χ0) is 34.9. The van der Waals surface area contributed by atoms with Gasteiger partial charge in [-0.05, 0) is 85.2 Å². The fraction of sp³-hybridized carbons (Fsp3) is 0.342. The molecule has 0 saturated carbocycles. The summed E-state index contributed by atoms with van der Waals surface area (Å²) in [4.78, 5) is 47.5. The van der Waals surface area contributed by atoms with Crippen molar-refractivity contribution >= 4 is 34.9 Å². The highest BCUT2D eigenvalue weighted by atomic mass is 16.6. The summed E-state index contributed by atoms with van der Waals surface area (Å²) in [6.45, 7) is 15.1.